The highest BCUT2D eigenvalue weighted by Crippen LogP contribution is 2.50. The Bertz CT molecular complexity index is 2760. The van der Waals surface area contributed by atoms with E-state index in [-0.39, 0.29) is 5.41 Å². The number of benzene rings is 9. The number of nitrogens with zero attached hydrogens (tertiary/aromatic N) is 1. The molecule has 0 heterocycles. The summed E-state index contributed by atoms with van der Waals surface area (Å²) in [7, 11) is 0. The van der Waals surface area contributed by atoms with E-state index in [9.17, 15) is 0 Å². The van der Waals surface area contributed by atoms with Crippen molar-refractivity contribution in [2.24, 2.45) is 0 Å². The molecule has 0 amide bonds. The van der Waals surface area contributed by atoms with Gasteiger partial charge in [0.25, 0.3) is 0 Å². The summed E-state index contributed by atoms with van der Waals surface area (Å²) in [5.41, 5.74) is 14.7. The smallest absolute Gasteiger partial charge is 0.0468 e. The third kappa shape index (κ3) is 6.26. The zero-order chi connectivity index (χ0) is 37.7. The predicted octanol–water partition coefficient (Wildman–Crippen LogP) is 15.5. The van der Waals surface area contributed by atoms with E-state index in [4.69, 9.17) is 0 Å². The number of rotatable bonds is 6. The summed E-state index contributed by atoms with van der Waals surface area (Å²) in [5.74, 6) is 0. The van der Waals surface area contributed by atoms with Crippen molar-refractivity contribution in [3.63, 3.8) is 0 Å². The first kappa shape index (κ1) is 34.3. The molecule has 0 N–H and O–H groups in total. The van der Waals surface area contributed by atoms with E-state index >= 15 is 0 Å². The molecule has 0 radical (unpaired) electrons. The molecule has 0 atom stereocenters. The number of anilines is 3. The monoisotopic (exact) mass is 707 g/mol. The molecule has 0 saturated heterocycles. The molecule has 9 rings (SSSR count). The van der Waals surface area contributed by atoms with Gasteiger partial charge in [0, 0.05) is 17.1 Å². The highest BCUT2D eigenvalue weighted by Gasteiger charge is 2.23. The van der Waals surface area contributed by atoms with Crippen LogP contribution < -0.4 is 4.90 Å². The van der Waals surface area contributed by atoms with Crippen LogP contribution in [-0.4, -0.2) is 0 Å². The fraction of sp³-hybridized carbons (Fsp3) is 0.111. The molecule has 1 heteroatoms. The van der Waals surface area contributed by atoms with Crippen molar-refractivity contribution in [3.8, 4) is 33.4 Å². The van der Waals surface area contributed by atoms with E-state index in [1.54, 1.807) is 0 Å². The number of hydrogen-bond acceptors (Lipinski definition) is 1. The molecule has 55 heavy (non-hydrogen) atoms. The molecule has 9 aromatic rings. The standard InChI is InChI=1S/C54H45N/c1-36-20-28-42(29-21-36)55(43-30-22-37(2)23-31-43)44-32-33-47-50(34-44)45-18-12-13-19-46(45)52-49(38-14-8-6-9-15-38)35-48(39-24-26-41(27-25-39)54(3,4)5)51(53(47)52)40-16-10-7-11-17-40/h6-35H,1-5H3. The molecule has 9 aromatic carbocycles. The van der Waals surface area contributed by atoms with E-state index in [0.717, 1.165) is 17.1 Å². The van der Waals surface area contributed by atoms with Gasteiger partial charge in [0.1, 0.15) is 0 Å². The maximum absolute atomic E-state index is 2.45. The lowest BCUT2D eigenvalue weighted by molar-refractivity contribution is 0.590. The summed E-state index contributed by atoms with van der Waals surface area (Å²) in [6.45, 7) is 11.1. The lowest BCUT2D eigenvalue weighted by Crippen LogP contribution is -2.10. The van der Waals surface area contributed by atoms with Crippen LogP contribution in [0.2, 0.25) is 0 Å². The minimum absolute atomic E-state index is 0.0667. The molecule has 0 spiro atoms. The van der Waals surface area contributed by atoms with Crippen LogP contribution in [0, 0.1) is 13.8 Å². The third-order valence-corrected chi connectivity index (χ3v) is 11.1. The molecule has 0 saturated carbocycles. The van der Waals surface area contributed by atoms with Crippen LogP contribution in [0.25, 0.3) is 65.7 Å². The largest absolute Gasteiger partial charge is 0.310 e. The van der Waals surface area contributed by atoms with Gasteiger partial charge < -0.3 is 4.90 Å². The van der Waals surface area contributed by atoms with Crippen LogP contribution in [0.1, 0.15) is 37.5 Å². The number of aryl methyl sites for hydroxylation is 2. The fourth-order valence-corrected chi connectivity index (χ4v) is 8.24. The van der Waals surface area contributed by atoms with Crippen molar-refractivity contribution in [2.45, 2.75) is 40.0 Å². The lowest BCUT2D eigenvalue weighted by Gasteiger charge is -2.27. The third-order valence-electron chi connectivity index (χ3n) is 11.1. The average Bonchev–Trinajstić information content (AvgIpc) is 3.22. The maximum atomic E-state index is 2.45. The topological polar surface area (TPSA) is 3.24 Å². The van der Waals surface area contributed by atoms with Gasteiger partial charge in [-0.05, 0) is 133 Å². The Labute approximate surface area is 325 Å². The minimum Gasteiger partial charge on any atom is -0.310 e. The summed E-state index contributed by atoms with van der Waals surface area (Å²) in [4.78, 5) is 2.39. The first-order valence-corrected chi connectivity index (χ1v) is 19.3. The molecule has 0 aliphatic rings. The molecular weight excluding hydrogens is 663 g/mol. The van der Waals surface area contributed by atoms with Gasteiger partial charge in [0.2, 0.25) is 0 Å². The summed E-state index contributed by atoms with van der Waals surface area (Å²) in [6.07, 6.45) is 0. The first-order valence-electron chi connectivity index (χ1n) is 19.3. The number of hydrogen-bond donors (Lipinski definition) is 0. The maximum Gasteiger partial charge on any atom is 0.0468 e. The molecule has 0 aliphatic carbocycles. The molecule has 0 aromatic heterocycles. The second-order valence-corrected chi connectivity index (χ2v) is 15.9. The van der Waals surface area contributed by atoms with Gasteiger partial charge >= 0.3 is 0 Å². The zero-order valence-corrected chi connectivity index (χ0v) is 32.3. The summed E-state index contributed by atoms with van der Waals surface area (Å²) < 4.78 is 0. The Hall–Kier alpha value is -6.44. The van der Waals surface area contributed by atoms with Crippen molar-refractivity contribution in [1.82, 2.24) is 0 Å². The summed E-state index contributed by atoms with van der Waals surface area (Å²) in [6, 6.07) is 67.5. The van der Waals surface area contributed by atoms with Crippen molar-refractivity contribution in [2.75, 3.05) is 4.90 Å². The van der Waals surface area contributed by atoms with Gasteiger partial charge in [-0.3, -0.25) is 0 Å². The van der Waals surface area contributed by atoms with Crippen molar-refractivity contribution in [1.29, 1.82) is 0 Å². The Morgan fingerprint density at radius 3 is 1.44 bits per heavy atom. The van der Waals surface area contributed by atoms with E-state index < -0.39 is 0 Å². The molecule has 0 bridgehead atoms. The van der Waals surface area contributed by atoms with Crippen molar-refractivity contribution >= 4 is 49.4 Å². The fourth-order valence-electron chi connectivity index (χ4n) is 8.24. The first-order chi connectivity index (χ1) is 26.7. The average molecular weight is 708 g/mol. The van der Waals surface area contributed by atoms with Gasteiger partial charge in [0.05, 0.1) is 0 Å². The van der Waals surface area contributed by atoms with Gasteiger partial charge in [-0.1, -0.05) is 171 Å². The van der Waals surface area contributed by atoms with E-state index in [0.29, 0.717) is 0 Å². The molecule has 266 valence electrons. The Balaban J connectivity index is 1.43. The van der Waals surface area contributed by atoms with Crippen LogP contribution >= 0.6 is 0 Å². The van der Waals surface area contributed by atoms with Gasteiger partial charge in [-0.15, -0.1) is 0 Å². The van der Waals surface area contributed by atoms with Crippen molar-refractivity contribution < 1.29 is 0 Å². The lowest BCUT2D eigenvalue weighted by atomic mass is 9.80. The van der Waals surface area contributed by atoms with Gasteiger partial charge in [0.15, 0.2) is 0 Å². The van der Waals surface area contributed by atoms with E-state index in [1.165, 1.54) is 82.4 Å². The highest BCUT2D eigenvalue weighted by atomic mass is 15.1. The second kappa shape index (κ2) is 13.8. The van der Waals surface area contributed by atoms with Crippen LogP contribution in [-0.2, 0) is 5.41 Å². The Kier molecular flexibility index (Phi) is 8.59. The quantitative estimate of drug-likeness (QED) is 0.156. The zero-order valence-electron chi connectivity index (χ0n) is 32.3. The van der Waals surface area contributed by atoms with Crippen LogP contribution in [0.5, 0.6) is 0 Å². The van der Waals surface area contributed by atoms with E-state index in [1.807, 2.05) is 0 Å². The summed E-state index contributed by atoms with van der Waals surface area (Å²) >= 11 is 0. The second-order valence-electron chi connectivity index (χ2n) is 15.9. The molecular formula is C54H45N. The SMILES string of the molecule is Cc1ccc(N(c2ccc(C)cc2)c2ccc3c(c2)c2ccccc2c2c(-c4ccccc4)cc(-c4ccc(C(C)(C)C)cc4)c(-c4ccccc4)c32)cc1. The van der Waals surface area contributed by atoms with Crippen LogP contribution in [0.4, 0.5) is 17.1 Å². The number of fused-ring (bicyclic) bond motifs is 6. The summed E-state index contributed by atoms with van der Waals surface area (Å²) in [5, 5.41) is 7.54. The predicted molar refractivity (Wildman–Crippen MR) is 238 cm³/mol. The van der Waals surface area contributed by atoms with Crippen molar-refractivity contribution in [3.05, 3.63) is 199 Å². The highest BCUT2D eigenvalue weighted by molar-refractivity contribution is 6.33. The van der Waals surface area contributed by atoms with Crippen LogP contribution in [0.3, 0.4) is 0 Å². The molecule has 0 fully saturated rings. The van der Waals surface area contributed by atoms with Gasteiger partial charge in [-0.2, -0.15) is 0 Å². The minimum atomic E-state index is 0.0667. The Morgan fingerprint density at radius 2 is 0.855 bits per heavy atom. The molecule has 1 nitrogen and oxygen atoms in total. The van der Waals surface area contributed by atoms with Crippen LogP contribution in [0.15, 0.2) is 182 Å². The Morgan fingerprint density at radius 1 is 0.364 bits per heavy atom. The van der Waals surface area contributed by atoms with Gasteiger partial charge in [-0.25, -0.2) is 0 Å². The molecule has 0 aliphatic heterocycles. The van der Waals surface area contributed by atoms with E-state index in [2.05, 4.69) is 222 Å². The molecule has 0 unspecified atom stereocenters. The normalized spacial score (nSPS) is 11.7.